The van der Waals surface area contributed by atoms with E-state index in [1.165, 1.54) is 36.4 Å². The highest BCUT2D eigenvalue weighted by Gasteiger charge is 2.25. The van der Waals surface area contributed by atoms with Gasteiger partial charge in [0.1, 0.15) is 42.0 Å². The lowest BCUT2D eigenvalue weighted by Gasteiger charge is -2.14. The molecule has 19 heteroatoms. The summed E-state index contributed by atoms with van der Waals surface area (Å²) >= 11 is 6.01. The van der Waals surface area contributed by atoms with E-state index in [2.05, 4.69) is 15.2 Å². The molecule has 1 amide bonds. The third-order valence-electron chi connectivity index (χ3n) is 5.21. The van der Waals surface area contributed by atoms with E-state index < -0.39 is 34.0 Å². The minimum atomic E-state index is -4.64. The lowest BCUT2D eigenvalue weighted by molar-refractivity contribution is -0.156. The molecule has 0 atom stereocenters. The topological polar surface area (TPSA) is 221 Å². The quantitative estimate of drug-likeness (QED) is 0.0766. The van der Waals surface area contributed by atoms with Gasteiger partial charge in [0, 0.05) is 5.69 Å². The van der Waals surface area contributed by atoms with Crippen LogP contribution >= 0.6 is 11.6 Å². The highest BCUT2D eigenvalue weighted by atomic mass is 35.5. The highest BCUT2D eigenvalue weighted by molar-refractivity contribution is 7.92. The lowest BCUT2D eigenvalue weighted by atomic mass is 10.2. The molecule has 0 bridgehead atoms. The van der Waals surface area contributed by atoms with E-state index in [-0.39, 0.29) is 58.3 Å². The molecule has 14 nitrogen and oxygen atoms in total. The van der Waals surface area contributed by atoms with Crippen molar-refractivity contribution in [1.29, 1.82) is 5.26 Å². The fourth-order valence-electron chi connectivity index (χ4n) is 3.22. The number of nitrogens with zero attached hydrogens (tertiary/aromatic N) is 3. The van der Waals surface area contributed by atoms with Gasteiger partial charge in [0.25, 0.3) is 15.6 Å². The molecule has 0 saturated carbocycles. The van der Waals surface area contributed by atoms with E-state index in [0.717, 1.165) is 4.57 Å². The number of carbonyl (C=O) groups is 2. The fraction of sp³-hybridized carbons (Fsp3) is 0.192. The Bertz CT molecular complexity index is 1750. The van der Waals surface area contributed by atoms with E-state index >= 15 is 0 Å². The average Bonchev–Trinajstić information content (AvgIpc) is 2.97. The van der Waals surface area contributed by atoms with Crippen molar-refractivity contribution < 1.29 is 40.8 Å². The molecule has 0 aliphatic heterocycles. The standard InChI is InChI=1S/C24H24ClN7O6S.C2HF3O/c1-15-5-10-20(23(34)32(15)14-22(33)29-11-12-37-30-24(27)28)31-39(35,36)17-8-6-16(7-9-17)38-21-4-2-3-19(25)18(21)13-26;3-2(4,5)1-6/h2-10,31H,11-12,14H2,1H3,(H,29,33)(H4,27,28,30);1H. The summed E-state index contributed by atoms with van der Waals surface area (Å²) in [6.07, 6.45) is -5.70. The van der Waals surface area contributed by atoms with Gasteiger partial charge in [-0.05, 0) is 60.6 Å². The number of hydrogen-bond donors (Lipinski definition) is 4. The minimum absolute atomic E-state index is 0.000227. The van der Waals surface area contributed by atoms with Crippen molar-refractivity contribution in [3.05, 3.63) is 81.2 Å². The number of aldehydes is 1. The van der Waals surface area contributed by atoms with Gasteiger partial charge in [-0.15, -0.1) is 0 Å². The first-order chi connectivity index (χ1) is 21.1. The number of rotatable bonds is 11. The summed E-state index contributed by atoms with van der Waals surface area (Å²) in [5.74, 6) is -0.300. The van der Waals surface area contributed by atoms with Crippen molar-refractivity contribution in [3.63, 3.8) is 0 Å². The summed E-state index contributed by atoms with van der Waals surface area (Å²) in [4.78, 5) is 38.5. The Balaban J connectivity index is 0.00000107. The van der Waals surface area contributed by atoms with Crippen molar-refractivity contribution in [3.8, 4) is 17.6 Å². The summed E-state index contributed by atoms with van der Waals surface area (Å²) in [6, 6.07) is 14.8. The van der Waals surface area contributed by atoms with E-state index in [0.29, 0.717) is 5.69 Å². The number of benzene rings is 2. The Labute approximate surface area is 259 Å². The number of amides is 1. The fourth-order valence-corrected chi connectivity index (χ4v) is 4.48. The number of nitrogens with two attached hydrogens (primary N) is 2. The first kappa shape index (κ1) is 35.9. The first-order valence-corrected chi connectivity index (χ1v) is 14.1. The van der Waals surface area contributed by atoms with Crippen LogP contribution in [0.25, 0.3) is 0 Å². The van der Waals surface area contributed by atoms with Crippen molar-refractivity contribution in [2.24, 2.45) is 16.6 Å². The van der Waals surface area contributed by atoms with Crippen LogP contribution in [0.4, 0.5) is 18.9 Å². The zero-order valence-corrected chi connectivity index (χ0v) is 24.7. The van der Waals surface area contributed by atoms with Crippen LogP contribution < -0.4 is 31.8 Å². The highest BCUT2D eigenvalue weighted by Crippen LogP contribution is 2.30. The number of aryl methyl sites for hydroxylation is 1. The second kappa shape index (κ2) is 16.0. The van der Waals surface area contributed by atoms with Gasteiger partial charge in [-0.2, -0.15) is 18.4 Å². The summed E-state index contributed by atoms with van der Waals surface area (Å²) in [7, 11) is -4.17. The van der Waals surface area contributed by atoms with Crippen molar-refractivity contribution in [1.82, 2.24) is 9.88 Å². The zero-order valence-electron chi connectivity index (χ0n) is 23.2. The summed E-state index contributed by atoms with van der Waals surface area (Å²) in [5.41, 5.74) is 9.87. The Hall–Kier alpha value is -5.28. The largest absolute Gasteiger partial charge is 0.456 e. The molecule has 0 fully saturated rings. The van der Waals surface area contributed by atoms with Gasteiger partial charge in [-0.25, -0.2) is 8.42 Å². The lowest BCUT2D eigenvalue weighted by Crippen LogP contribution is -2.36. The van der Waals surface area contributed by atoms with Gasteiger partial charge >= 0.3 is 6.18 Å². The van der Waals surface area contributed by atoms with Gasteiger partial charge in [-0.1, -0.05) is 17.7 Å². The number of sulfonamides is 1. The zero-order chi connectivity index (χ0) is 33.8. The smallest absolute Gasteiger partial charge is 0.446 e. The molecular weight excluding hydrogens is 647 g/mol. The van der Waals surface area contributed by atoms with Crippen LogP contribution in [0.2, 0.25) is 5.02 Å². The SMILES string of the molecule is Cc1ccc(NS(=O)(=O)c2ccc(Oc3cccc(Cl)c3C#N)cc2)c(=O)n1CC(=O)NCCON=C(N)N.O=CC(F)(F)F. The summed E-state index contributed by atoms with van der Waals surface area (Å²) in [5, 5.41) is 15.4. The van der Waals surface area contributed by atoms with Crippen LogP contribution in [0.15, 0.2) is 69.4 Å². The first-order valence-electron chi connectivity index (χ1n) is 12.3. The number of halogens is 4. The predicted octanol–water partition coefficient (Wildman–Crippen LogP) is 2.34. The Kier molecular flexibility index (Phi) is 12.8. The molecular formula is C26H25ClF3N7O7S. The molecule has 3 aromatic rings. The molecule has 0 saturated heterocycles. The average molecular weight is 672 g/mol. The molecule has 240 valence electrons. The number of nitriles is 1. The normalized spacial score (nSPS) is 10.8. The molecule has 2 aromatic carbocycles. The Morgan fingerprint density at radius 3 is 2.38 bits per heavy atom. The van der Waals surface area contributed by atoms with Crippen LogP contribution in [-0.2, 0) is 31.0 Å². The van der Waals surface area contributed by atoms with Gasteiger partial charge in [-0.3, -0.25) is 19.1 Å². The van der Waals surface area contributed by atoms with Crippen molar-refractivity contribution in [2.45, 2.75) is 24.5 Å². The Morgan fingerprint density at radius 2 is 1.80 bits per heavy atom. The molecule has 0 unspecified atom stereocenters. The summed E-state index contributed by atoms with van der Waals surface area (Å²) in [6.45, 7) is 1.32. The van der Waals surface area contributed by atoms with Crippen LogP contribution in [0.5, 0.6) is 11.5 Å². The molecule has 0 aliphatic carbocycles. The van der Waals surface area contributed by atoms with Crippen molar-refractivity contribution >= 4 is 45.5 Å². The number of anilines is 1. The molecule has 0 aliphatic rings. The van der Waals surface area contributed by atoms with Gasteiger partial charge in [0.15, 0.2) is 0 Å². The molecule has 0 radical (unpaired) electrons. The number of oxime groups is 1. The number of hydrogen-bond acceptors (Lipinski definition) is 9. The number of aromatic nitrogens is 1. The second-order valence-electron chi connectivity index (χ2n) is 8.54. The third kappa shape index (κ3) is 11.4. The number of carbonyl (C=O) groups excluding carboxylic acids is 2. The van der Waals surface area contributed by atoms with E-state index in [1.54, 1.807) is 25.1 Å². The van der Waals surface area contributed by atoms with Gasteiger partial charge < -0.3 is 30.9 Å². The molecule has 45 heavy (non-hydrogen) atoms. The molecule has 1 aromatic heterocycles. The van der Waals surface area contributed by atoms with Gasteiger partial charge in [0.2, 0.25) is 18.2 Å². The number of alkyl halides is 3. The van der Waals surface area contributed by atoms with Gasteiger partial charge in [0.05, 0.1) is 16.5 Å². The Morgan fingerprint density at radius 1 is 1.16 bits per heavy atom. The number of ether oxygens (including phenoxy) is 1. The van der Waals surface area contributed by atoms with Crippen LogP contribution in [0, 0.1) is 18.3 Å². The van der Waals surface area contributed by atoms with E-state index in [4.69, 9.17) is 37.4 Å². The molecule has 0 spiro atoms. The maximum absolute atomic E-state index is 13.0. The maximum atomic E-state index is 13.0. The molecule has 1 heterocycles. The number of pyridine rings is 1. The second-order valence-corrected chi connectivity index (χ2v) is 10.6. The maximum Gasteiger partial charge on any atom is 0.446 e. The summed E-state index contributed by atoms with van der Waals surface area (Å²) < 4.78 is 66.2. The van der Waals surface area contributed by atoms with Crippen LogP contribution in [0.1, 0.15) is 11.3 Å². The van der Waals surface area contributed by atoms with Crippen molar-refractivity contribution in [2.75, 3.05) is 17.9 Å². The minimum Gasteiger partial charge on any atom is -0.456 e. The molecule has 3 rings (SSSR count). The van der Waals surface area contributed by atoms with E-state index in [1.807, 2.05) is 6.07 Å². The number of nitrogens with one attached hydrogen (secondary N) is 2. The van der Waals surface area contributed by atoms with Crippen LogP contribution in [0.3, 0.4) is 0 Å². The third-order valence-corrected chi connectivity index (χ3v) is 6.90. The predicted molar refractivity (Wildman–Crippen MR) is 156 cm³/mol. The van der Waals surface area contributed by atoms with Crippen LogP contribution in [-0.4, -0.2) is 50.5 Å². The number of guanidine groups is 1. The molecule has 6 N–H and O–H groups in total. The monoisotopic (exact) mass is 671 g/mol. The van der Waals surface area contributed by atoms with E-state index in [9.17, 15) is 36.4 Å².